The third-order valence-corrected chi connectivity index (χ3v) is 2.74. The third kappa shape index (κ3) is 2.58. The molecule has 1 aromatic rings. The standard InChI is InChI=1S/C12H17FN2O/c1-4-12(2,14)11(16)15(3)10-7-5-9(13)6-8-10/h5-8H,4,14H2,1-3H3. The van der Waals surface area contributed by atoms with Crippen molar-refractivity contribution in [1.82, 2.24) is 0 Å². The topological polar surface area (TPSA) is 46.3 Å². The maximum atomic E-state index is 12.7. The molecule has 1 rings (SSSR count). The highest BCUT2D eigenvalue weighted by molar-refractivity contribution is 5.99. The summed E-state index contributed by atoms with van der Waals surface area (Å²) in [4.78, 5) is 13.4. The number of likely N-dealkylation sites (N-methyl/N-ethyl adjacent to an activating group) is 1. The first-order valence-electron chi connectivity index (χ1n) is 5.21. The highest BCUT2D eigenvalue weighted by Gasteiger charge is 2.29. The summed E-state index contributed by atoms with van der Waals surface area (Å²) in [5.41, 5.74) is 5.61. The molecule has 0 radical (unpaired) electrons. The molecular formula is C12H17FN2O. The predicted octanol–water partition coefficient (Wildman–Crippen LogP) is 1.92. The van der Waals surface area contributed by atoms with Gasteiger partial charge in [0.05, 0.1) is 5.54 Å². The normalized spacial score (nSPS) is 14.3. The van der Waals surface area contributed by atoms with Gasteiger partial charge in [0, 0.05) is 12.7 Å². The second-order valence-corrected chi connectivity index (χ2v) is 4.11. The Hall–Kier alpha value is -1.42. The largest absolute Gasteiger partial charge is 0.318 e. The second-order valence-electron chi connectivity index (χ2n) is 4.11. The first-order valence-corrected chi connectivity index (χ1v) is 5.21. The Morgan fingerprint density at radius 2 is 1.94 bits per heavy atom. The van der Waals surface area contributed by atoms with Crippen molar-refractivity contribution >= 4 is 11.6 Å². The summed E-state index contributed by atoms with van der Waals surface area (Å²) in [6.07, 6.45) is 0.553. The van der Waals surface area contributed by atoms with Crippen LogP contribution >= 0.6 is 0 Å². The van der Waals surface area contributed by atoms with Gasteiger partial charge in [0.15, 0.2) is 0 Å². The molecule has 1 aromatic carbocycles. The molecule has 88 valence electrons. The average molecular weight is 224 g/mol. The van der Waals surface area contributed by atoms with E-state index in [0.717, 1.165) is 0 Å². The predicted molar refractivity (Wildman–Crippen MR) is 62.7 cm³/mol. The van der Waals surface area contributed by atoms with Crippen molar-refractivity contribution in [3.63, 3.8) is 0 Å². The summed E-state index contributed by atoms with van der Waals surface area (Å²) in [5.74, 6) is -0.503. The monoisotopic (exact) mass is 224 g/mol. The number of amides is 1. The van der Waals surface area contributed by atoms with E-state index >= 15 is 0 Å². The zero-order chi connectivity index (χ0) is 12.3. The van der Waals surface area contributed by atoms with Crippen LogP contribution in [-0.4, -0.2) is 18.5 Å². The van der Waals surface area contributed by atoms with Gasteiger partial charge in [-0.2, -0.15) is 0 Å². The van der Waals surface area contributed by atoms with Gasteiger partial charge < -0.3 is 10.6 Å². The van der Waals surface area contributed by atoms with Crippen LogP contribution in [-0.2, 0) is 4.79 Å². The van der Waals surface area contributed by atoms with E-state index in [4.69, 9.17) is 5.73 Å². The fourth-order valence-electron chi connectivity index (χ4n) is 1.32. The average Bonchev–Trinajstić information content (AvgIpc) is 2.28. The summed E-state index contributed by atoms with van der Waals surface area (Å²) in [7, 11) is 1.64. The summed E-state index contributed by atoms with van der Waals surface area (Å²) in [5, 5.41) is 0. The maximum Gasteiger partial charge on any atom is 0.246 e. The molecule has 0 saturated heterocycles. The van der Waals surface area contributed by atoms with Crippen LogP contribution in [0.25, 0.3) is 0 Å². The second kappa shape index (κ2) is 4.61. The Labute approximate surface area is 95.0 Å². The number of carbonyl (C=O) groups is 1. The van der Waals surface area contributed by atoms with Gasteiger partial charge >= 0.3 is 0 Å². The van der Waals surface area contributed by atoms with Crippen molar-refractivity contribution in [1.29, 1.82) is 0 Å². The molecule has 0 spiro atoms. The van der Waals surface area contributed by atoms with Crippen molar-refractivity contribution in [3.05, 3.63) is 30.1 Å². The molecule has 0 heterocycles. The molecule has 0 bridgehead atoms. The Balaban J connectivity index is 2.90. The van der Waals surface area contributed by atoms with Crippen LogP contribution in [0.5, 0.6) is 0 Å². The summed E-state index contributed by atoms with van der Waals surface area (Å²) < 4.78 is 12.7. The van der Waals surface area contributed by atoms with Crippen molar-refractivity contribution in [2.45, 2.75) is 25.8 Å². The Morgan fingerprint density at radius 1 is 1.44 bits per heavy atom. The van der Waals surface area contributed by atoms with Crippen LogP contribution in [0.1, 0.15) is 20.3 Å². The number of carbonyl (C=O) groups excluding carboxylic acids is 1. The Bertz CT molecular complexity index is 373. The van der Waals surface area contributed by atoms with Gasteiger partial charge in [0.1, 0.15) is 5.82 Å². The van der Waals surface area contributed by atoms with Crippen LogP contribution < -0.4 is 10.6 Å². The minimum Gasteiger partial charge on any atom is -0.318 e. The molecule has 1 atom stereocenters. The minimum atomic E-state index is -0.886. The van der Waals surface area contributed by atoms with E-state index < -0.39 is 5.54 Å². The van der Waals surface area contributed by atoms with Crippen LogP contribution in [0.2, 0.25) is 0 Å². The van der Waals surface area contributed by atoms with Crippen molar-refractivity contribution in [3.8, 4) is 0 Å². The van der Waals surface area contributed by atoms with Crippen LogP contribution in [0.15, 0.2) is 24.3 Å². The van der Waals surface area contributed by atoms with Gasteiger partial charge in [-0.3, -0.25) is 4.79 Å². The lowest BCUT2D eigenvalue weighted by Crippen LogP contribution is -2.51. The number of hydrogen-bond acceptors (Lipinski definition) is 2. The summed E-state index contributed by atoms with van der Waals surface area (Å²) in [6.45, 7) is 3.55. The number of anilines is 1. The van der Waals surface area contributed by atoms with E-state index in [1.54, 1.807) is 26.1 Å². The number of nitrogens with zero attached hydrogens (tertiary/aromatic N) is 1. The van der Waals surface area contributed by atoms with Gasteiger partial charge in [-0.15, -0.1) is 0 Å². The van der Waals surface area contributed by atoms with Crippen LogP contribution in [0.3, 0.4) is 0 Å². The van der Waals surface area contributed by atoms with Crippen molar-refractivity contribution in [2.24, 2.45) is 5.73 Å². The lowest BCUT2D eigenvalue weighted by Gasteiger charge is -2.28. The molecular weight excluding hydrogens is 207 g/mol. The molecule has 0 fully saturated rings. The fraction of sp³-hybridized carbons (Fsp3) is 0.417. The van der Waals surface area contributed by atoms with Gasteiger partial charge in [-0.1, -0.05) is 6.92 Å². The third-order valence-electron chi connectivity index (χ3n) is 2.74. The highest BCUT2D eigenvalue weighted by atomic mass is 19.1. The first-order chi connectivity index (χ1) is 7.38. The molecule has 0 aliphatic rings. The smallest absolute Gasteiger partial charge is 0.246 e. The number of halogens is 1. The molecule has 2 N–H and O–H groups in total. The SMILES string of the molecule is CCC(C)(N)C(=O)N(C)c1ccc(F)cc1. The molecule has 1 amide bonds. The molecule has 0 aliphatic heterocycles. The first kappa shape index (κ1) is 12.6. The fourth-order valence-corrected chi connectivity index (χ4v) is 1.32. The maximum absolute atomic E-state index is 12.7. The Kier molecular flexibility index (Phi) is 3.65. The lowest BCUT2D eigenvalue weighted by atomic mass is 9.98. The molecule has 16 heavy (non-hydrogen) atoms. The molecule has 0 saturated carbocycles. The van der Waals surface area contributed by atoms with E-state index in [2.05, 4.69) is 0 Å². The summed E-state index contributed by atoms with van der Waals surface area (Å²) >= 11 is 0. The van der Waals surface area contributed by atoms with E-state index in [1.165, 1.54) is 17.0 Å². The number of hydrogen-bond donors (Lipinski definition) is 1. The molecule has 1 unspecified atom stereocenters. The zero-order valence-electron chi connectivity index (χ0n) is 9.83. The van der Waals surface area contributed by atoms with Crippen LogP contribution in [0.4, 0.5) is 10.1 Å². The van der Waals surface area contributed by atoms with Crippen molar-refractivity contribution in [2.75, 3.05) is 11.9 Å². The Morgan fingerprint density at radius 3 is 2.38 bits per heavy atom. The highest BCUT2D eigenvalue weighted by Crippen LogP contribution is 2.17. The zero-order valence-corrected chi connectivity index (χ0v) is 9.83. The molecule has 0 aromatic heterocycles. The number of benzene rings is 1. The van der Waals surface area contributed by atoms with Crippen LogP contribution in [0, 0.1) is 5.82 Å². The molecule has 0 aliphatic carbocycles. The van der Waals surface area contributed by atoms with E-state index in [0.29, 0.717) is 12.1 Å². The number of nitrogens with two attached hydrogens (primary N) is 1. The van der Waals surface area contributed by atoms with Gasteiger partial charge in [0.25, 0.3) is 0 Å². The number of rotatable bonds is 3. The molecule has 3 nitrogen and oxygen atoms in total. The molecule has 4 heteroatoms. The van der Waals surface area contributed by atoms with Gasteiger partial charge in [0.2, 0.25) is 5.91 Å². The van der Waals surface area contributed by atoms with Crippen molar-refractivity contribution < 1.29 is 9.18 Å². The van der Waals surface area contributed by atoms with E-state index in [9.17, 15) is 9.18 Å². The quantitative estimate of drug-likeness (QED) is 0.852. The summed E-state index contributed by atoms with van der Waals surface area (Å²) in [6, 6.07) is 5.75. The minimum absolute atomic E-state index is 0.179. The lowest BCUT2D eigenvalue weighted by molar-refractivity contribution is -0.122. The van der Waals surface area contributed by atoms with Gasteiger partial charge in [-0.25, -0.2) is 4.39 Å². The van der Waals surface area contributed by atoms with E-state index in [1.807, 2.05) is 6.92 Å². The van der Waals surface area contributed by atoms with E-state index in [-0.39, 0.29) is 11.7 Å². The van der Waals surface area contributed by atoms with Gasteiger partial charge in [-0.05, 0) is 37.6 Å².